The van der Waals surface area contributed by atoms with E-state index >= 15 is 0 Å². The van der Waals surface area contributed by atoms with Crippen LogP contribution in [0.15, 0.2) is 0 Å². The number of nitrogens with one attached hydrogen (secondary N) is 1. The van der Waals surface area contributed by atoms with Gasteiger partial charge in [0.05, 0.1) is 19.8 Å². The van der Waals surface area contributed by atoms with E-state index in [-0.39, 0.29) is 6.61 Å². The third-order valence-electron chi connectivity index (χ3n) is 3.71. The first-order valence-corrected chi connectivity index (χ1v) is 7.22. The zero-order valence-electron chi connectivity index (χ0n) is 12.7. The van der Waals surface area contributed by atoms with Crippen molar-refractivity contribution in [2.45, 2.75) is 33.6 Å². The molecular formula is C14H32N2O2. The van der Waals surface area contributed by atoms with Gasteiger partial charge in [-0.05, 0) is 31.8 Å². The lowest BCUT2D eigenvalue weighted by molar-refractivity contribution is 0.0662. The van der Waals surface area contributed by atoms with E-state index in [1.165, 1.54) is 12.8 Å². The predicted octanol–water partition coefficient (Wildman–Crippen LogP) is 1.34. The van der Waals surface area contributed by atoms with Crippen molar-refractivity contribution in [3.8, 4) is 0 Å². The fraction of sp³-hybridized carbons (Fsp3) is 1.00. The van der Waals surface area contributed by atoms with Crippen molar-refractivity contribution in [1.82, 2.24) is 10.2 Å². The average Bonchev–Trinajstić information content (AvgIpc) is 2.40. The number of aliphatic hydroxyl groups excluding tert-OH is 1. The van der Waals surface area contributed by atoms with E-state index < -0.39 is 0 Å². The quantitative estimate of drug-likeness (QED) is 0.520. The van der Waals surface area contributed by atoms with Crippen molar-refractivity contribution in [3.63, 3.8) is 0 Å². The van der Waals surface area contributed by atoms with Gasteiger partial charge in [-0.3, -0.25) is 0 Å². The molecule has 0 saturated carbocycles. The molecule has 0 aliphatic heterocycles. The van der Waals surface area contributed by atoms with E-state index in [1.54, 1.807) is 0 Å². The van der Waals surface area contributed by atoms with Crippen LogP contribution < -0.4 is 5.32 Å². The van der Waals surface area contributed by atoms with Crippen molar-refractivity contribution in [1.29, 1.82) is 0 Å². The highest BCUT2D eigenvalue weighted by molar-refractivity contribution is 4.82. The molecule has 0 fully saturated rings. The molecular weight excluding hydrogens is 228 g/mol. The second kappa shape index (κ2) is 10.7. The summed E-state index contributed by atoms with van der Waals surface area (Å²) < 4.78 is 5.31. The van der Waals surface area contributed by atoms with Crippen LogP contribution in [-0.4, -0.2) is 63.1 Å². The van der Waals surface area contributed by atoms with Crippen LogP contribution >= 0.6 is 0 Å². The van der Waals surface area contributed by atoms with E-state index in [4.69, 9.17) is 9.84 Å². The number of hydrogen-bond acceptors (Lipinski definition) is 4. The summed E-state index contributed by atoms with van der Waals surface area (Å²) in [6.07, 6.45) is 2.39. The molecule has 0 bridgehead atoms. The predicted molar refractivity (Wildman–Crippen MR) is 77.0 cm³/mol. The largest absolute Gasteiger partial charge is 0.394 e. The van der Waals surface area contributed by atoms with Gasteiger partial charge in [-0.25, -0.2) is 0 Å². The molecule has 2 N–H and O–H groups in total. The Bertz CT molecular complexity index is 185. The fourth-order valence-corrected chi connectivity index (χ4v) is 2.21. The van der Waals surface area contributed by atoms with Gasteiger partial charge in [-0.2, -0.15) is 0 Å². The molecule has 0 saturated heterocycles. The van der Waals surface area contributed by atoms with Crippen molar-refractivity contribution in [3.05, 3.63) is 0 Å². The summed E-state index contributed by atoms with van der Waals surface area (Å²) in [5, 5.41) is 12.1. The molecule has 0 amide bonds. The molecule has 0 aromatic rings. The lowest BCUT2D eigenvalue weighted by Gasteiger charge is -2.36. The number of nitrogens with zero attached hydrogens (tertiary/aromatic N) is 1. The van der Waals surface area contributed by atoms with Crippen molar-refractivity contribution >= 4 is 0 Å². The maximum absolute atomic E-state index is 8.64. The maximum atomic E-state index is 8.64. The van der Waals surface area contributed by atoms with E-state index in [9.17, 15) is 0 Å². The maximum Gasteiger partial charge on any atom is 0.0698 e. The van der Waals surface area contributed by atoms with Crippen LogP contribution in [0.3, 0.4) is 0 Å². The summed E-state index contributed by atoms with van der Waals surface area (Å²) in [7, 11) is 2.15. The first-order chi connectivity index (χ1) is 8.64. The molecule has 0 aliphatic carbocycles. The highest BCUT2D eigenvalue weighted by Gasteiger charge is 2.26. The van der Waals surface area contributed by atoms with Gasteiger partial charge in [-0.1, -0.05) is 20.8 Å². The second-order valence-corrected chi connectivity index (χ2v) is 5.06. The van der Waals surface area contributed by atoms with E-state index in [2.05, 4.69) is 38.0 Å². The van der Waals surface area contributed by atoms with Gasteiger partial charge in [-0.15, -0.1) is 0 Å². The third-order valence-corrected chi connectivity index (χ3v) is 3.71. The van der Waals surface area contributed by atoms with Crippen LogP contribution in [0.4, 0.5) is 0 Å². The molecule has 0 aromatic heterocycles. The number of hydrogen-bond donors (Lipinski definition) is 2. The topological polar surface area (TPSA) is 44.7 Å². The summed E-state index contributed by atoms with van der Waals surface area (Å²) >= 11 is 0. The summed E-state index contributed by atoms with van der Waals surface area (Å²) in [4.78, 5) is 2.34. The molecule has 0 radical (unpaired) electrons. The minimum atomic E-state index is 0.109. The molecule has 0 unspecified atom stereocenters. The zero-order chi connectivity index (χ0) is 13.9. The average molecular weight is 260 g/mol. The Balaban J connectivity index is 4.05. The van der Waals surface area contributed by atoms with Crippen LogP contribution in [0.5, 0.6) is 0 Å². The van der Waals surface area contributed by atoms with Gasteiger partial charge in [0, 0.05) is 19.6 Å². The molecule has 4 heteroatoms. The van der Waals surface area contributed by atoms with Crippen LogP contribution in [0.2, 0.25) is 0 Å². The standard InChI is InChI=1S/C14H32N2O2/c1-5-14(6-2,12-15-7-3)13-16(4)8-10-18-11-9-17/h15,17H,5-13H2,1-4H3. The van der Waals surface area contributed by atoms with Gasteiger partial charge < -0.3 is 20.1 Å². The van der Waals surface area contributed by atoms with Crippen LogP contribution in [0, 0.1) is 5.41 Å². The van der Waals surface area contributed by atoms with Gasteiger partial charge in [0.2, 0.25) is 0 Å². The highest BCUT2D eigenvalue weighted by Crippen LogP contribution is 2.26. The Morgan fingerprint density at radius 3 is 2.33 bits per heavy atom. The van der Waals surface area contributed by atoms with Crippen molar-refractivity contribution < 1.29 is 9.84 Å². The second-order valence-electron chi connectivity index (χ2n) is 5.06. The van der Waals surface area contributed by atoms with Gasteiger partial charge in [0.25, 0.3) is 0 Å². The summed E-state index contributed by atoms with van der Waals surface area (Å²) in [5.74, 6) is 0. The molecule has 0 atom stereocenters. The lowest BCUT2D eigenvalue weighted by Crippen LogP contribution is -2.43. The molecule has 4 nitrogen and oxygen atoms in total. The highest BCUT2D eigenvalue weighted by atomic mass is 16.5. The smallest absolute Gasteiger partial charge is 0.0698 e. The third kappa shape index (κ3) is 7.31. The summed E-state index contributed by atoms with van der Waals surface area (Å²) in [5.41, 5.74) is 0.363. The summed E-state index contributed by atoms with van der Waals surface area (Å²) in [6, 6.07) is 0. The van der Waals surface area contributed by atoms with Gasteiger partial charge in [0.1, 0.15) is 0 Å². The number of likely N-dealkylation sites (N-methyl/N-ethyl adjacent to an activating group) is 1. The van der Waals surface area contributed by atoms with Gasteiger partial charge >= 0.3 is 0 Å². The minimum Gasteiger partial charge on any atom is -0.394 e. The zero-order valence-corrected chi connectivity index (χ0v) is 12.7. The molecule has 18 heavy (non-hydrogen) atoms. The van der Waals surface area contributed by atoms with E-state index in [1.807, 2.05) is 0 Å². The van der Waals surface area contributed by atoms with Crippen molar-refractivity contribution in [2.24, 2.45) is 5.41 Å². The number of rotatable bonds is 12. The van der Waals surface area contributed by atoms with Crippen LogP contribution in [0.25, 0.3) is 0 Å². The SMILES string of the molecule is CCNCC(CC)(CC)CN(C)CCOCCO. The molecule has 0 heterocycles. The minimum absolute atomic E-state index is 0.109. The normalized spacial score (nSPS) is 12.3. The van der Waals surface area contributed by atoms with Gasteiger partial charge in [0.15, 0.2) is 0 Å². The Morgan fingerprint density at radius 2 is 1.83 bits per heavy atom. The molecule has 0 rings (SSSR count). The molecule has 0 aromatic carbocycles. The number of ether oxygens (including phenoxy) is 1. The van der Waals surface area contributed by atoms with E-state index in [0.717, 1.165) is 26.2 Å². The Labute approximate surface area is 113 Å². The van der Waals surface area contributed by atoms with Crippen LogP contribution in [-0.2, 0) is 4.74 Å². The monoisotopic (exact) mass is 260 g/mol. The number of aliphatic hydroxyl groups is 1. The Morgan fingerprint density at radius 1 is 1.17 bits per heavy atom. The first kappa shape index (κ1) is 17.8. The summed E-state index contributed by atoms with van der Waals surface area (Å²) in [6.45, 7) is 12.1. The Hall–Kier alpha value is -0.160. The lowest BCUT2D eigenvalue weighted by atomic mass is 9.81. The fourth-order valence-electron chi connectivity index (χ4n) is 2.21. The van der Waals surface area contributed by atoms with Crippen molar-refractivity contribution in [2.75, 3.05) is 53.0 Å². The Kier molecular flexibility index (Phi) is 10.6. The molecule has 0 aliphatic rings. The first-order valence-electron chi connectivity index (χ1n) is 7.22. The molecule has 0 spiro atoms. The van der Waals surface area contributed by atoms with E-state index in [0.29, 0.717) is 18.6 Å². The van der Waals surface area contributed by atoms with Crippen LogP contribution in [0.1, 0.15) is 33.6 Å². The molecule has 110 valence electrons.